The normalized spacial score (nSPS) is 27.1. The van der Waals surface area contributed by atoms with Gasteiger partial charge in [-0.1, -0.05) is 77.3 Å². The maximum atomic E-state index is 15.3. The minimum absolute atomic E-state index is 0.0207. The average molecular weight is 688 g/mol. The van der Waals surface area contributed by atoms with Crippen molar-refractivity contribution in [2.45, 2.75) is 31.1 Å². The molecule has 4 amide bonds. The number of nitrogens with zero attached hydrogens (tertiary/aromatic N) is 2. The summed E-state index contributed by atoms with van der Waals surface area (Å²) in [4.78, 5) is 59.7. The van der Waals surface area contributed by atoms with Gasteiger partial charge >= 0.3 is 0 Å². The summed E-state index contributed by atoms with van der Waals surface area (Å²) < 4.78 is 5.84. The van der Waals surface area contributed by atoms with Crippen LogP contribution in [0.3, 0.4) is 0 Å². The SMILES string of the molecule is COc1cc(O)ccc1[C@H]1C2=CC[C@@H]3C(=O)N(c4ccc(Cl)cc4)C(=O)[C@@H]3[C@@H]2C[C@H]2C(=O)N(Nc3ccc(C)cc3)C(=O)[C@@]12c1ccccc1. The van der Waals surface area contributed by atoms with Gasteiger partial charge in [-0.2, -0.15) is 5.01 Å². The average Bonchev–Trinajstić information content (AvgIpc) is 3.51. The van der Waals surface area contributed by atoms with Crippen molar-refractivity contribution in [2.75, 3.05) is 17.4 Å². The lowest BCUT2D eigenvalue weighted by Crippen LogP contribution is -2.53. The predicted octanol–water partition coefficient (Wildman–Crippen LogP) is 6.55. The summed E-state index contributed by atoms with van der Waals surface area (Å²) in [6, 6.07) is 28.1. The van der Waals surface area contributed by atoms with Crippen LogP contribution in [-0.2, 0) is 24.6 Å². The maximum absolute atomic E-state index is 15.3. The Kier molecular flexibility index (Phi) is 7.56. The van der Waals surface area contributed by atoms with E-state index >= 15 is 4.79 Å². The monoisotopic (exact) mass is 687 g/mol. The molecular weight excluding hydrogens is 654 g/mol. The molecule has 3 fully saturated rings. The lowest BCUT2D eigenvalue weighted by atomic mass is 9.49. The molecule has 2 aliphatic carbocycles. The van der Waals surface area contributed by atoms with Crippen LogP contribution >= 0.6 is 11.6 Å². The number of anilines is 2. The van der Waals surface area contributed by atoms with E-state index < -0.39 is 46.8 Å². The number of carbonyl (C=O) groups excluding carboxylic acids is 4. The molecule has 4 aliphatic rings. The lowest BCUT2D eigenvalue weighted by molar-refractivity contribution is -0.138. The number of allylic oxidation sites excluding steroid dienone is 2. The molecule has 0 radical (unpaired) electrons. The van der Waals surface area contributed by atoms with Crippen LogP contribution in [-0.4, -0.2) is 40.9 Å². The van der Waals surface area contributed by atoms with E-state index in [2.05, 4.69) is 5.43 Å². The number of ether oxygens (including phenoxy) is 1. The van der Waals surface area contributed by atoms with Gasteiger partial charge in [-0.05, 0) is 73.7 Å². The standard InChI is InChI=1S/C40H34ClN3O6/c1-22-8-12-25(13-9-22)42-44-37(47)32-21-31-28(18-19-30-34(31)38(48)43(36(30)46)26-14-10-24(41)11-15-26)35(29-17-16-27(45)20-33(29)50-2)40(32,39(44)49)23-6-4-3-5-7-23/h3-18,20,30-32,34-35,42,45H,19,21H2,1-2H3/t30-,31+,32-,34-,35+,40+/m0/s1. The van der Waals surface area contributed by atoms with Crippen molar-refractivity contribution in [3.63, 3.8) is 0 Å². The van der Waals surface area contributed by atoms with Crippen molar-refractivity contribution in [3.05, 3.63) is 130 Å². The Labute approximate surface area is 294 Å². The molecule has 2 N–H and O–H groups in total. The van der Waals surface area contributed by atoms with Crippen LogP contribution in [0.25, 0.3) is 0 Å². The summed E-state index contributed by atoms with van der Waals surface area (Å²) in [5, 5.41) is 12.1. The molecular formula is C40H34ClN3O6. The number of aromatic hydroxyl groups is 1. The third-order valence-corrected chi connectivity index (χ3v) is 11.3. The number of hydrogen-bond donors (Lipinski definition) is 2. The number of rotatable bonds is 6. The highest BCUT2D eigenvalue weighted by Crippen LogP contribution is 2.65. The van der Waals surface area contributed by atoms with Gasteiger partial charge in [-0.3, -0.25) is 29.5 Å². The minimum Gasteiger partial charge on any atom is -0.508 e. The van der Waals surface area contributed by atoms with Crippen molar-refractivity contribution in [3.8, 4) is 11.5 Å². The van der Waals surface area contributed by atoms with Crippen molar-refractivity contribution in [1.82, 2.24) is 5.01 Å². The number of hydrogen-bond acceptors (Lipinski definition) is 7. The summed E-state index contributed by atoms with van der Waals surface area (Å²) in [6.07, 6.45) is 2.45. The minimum atomic E-state index is -1.45. The number of aryl methyl sites for hydroxylation is 1. The van der Waals surface area contributed by atoms with Gasteiger partial charge in [0.25, 0.3) is 11.8 Å². The van der Waals surface area contributed by atoms with Gasteiger partial charge in [0.15, 0.2) is 0 Å². The molecule has 6 atom stereocenters. The molecule has 2 aliphatic heterocycles. The molecule has 10 heteroatoms. The van der Waals surface area contributed by atoms with E-state index in [4.69, 9.17) is 16.3 Å². The number of hydrazine groups is 1. The van der Waals surface area contributed by atoms with Crippen molar-refractivity contribution < 1.29 is 29.0 Å². The van der Waals surface area contributed by atoms with Crippen molar-refractivity contribution in [2.24, 2.45) is 23.7 Å². The molecule has 0 spiro atoms. The Hall–Kier alpha value is -5.41. The summed E-state index contributed by atoms with van der Waals surface area (Å²) in [5.41, 5.74) is 5.74. The highest BCUT2D eigenvalue weighted by molar-refractivity contribution is 6.31. The smallest absolute Gasteiger partial charge is 0.260 e. The van der Waals surface area contributed by atoms with Crippen LogP contribution in [0.1, 0.15) is 35.4 Å². The van der Waals surface area contributed by atoms with Crippen molar-refractivity contribution in [1.29, 1.82) is 0 Å². The second kappa shape index (κ2) is 11.9. The number of amides is 4. The van der Waals surface area contributed by atoms with Gasteiger partial charge in [0.1, 0.15) is 11.5 Å². The first-order valence-corrected chi connectivity index (χ1v) is 17.0. The molecule has 252 valence electrons. The van der Waals surface area contributed by atoms with Gasteiger partial charge in [0, 0.05) is 22.6 Å². The second-order valence-corrected chi connectivity index (χ2v) is 13.9. The molecule has 50 heavy (non-hydrogen) atoms. The Morgan fingerprint density at radius 1 is 0.860 bits per heavy atom. The number of methoxy groups -OCH3 is 1. The first-order valence-electron chi connectivity index (χ1n) is 16.6. The van der Waals surface area contributed by atoms with Crippen LogP contribution in [0, 0.1) is 30.6 Å². The summed E-state index contributed by atoms with van der Waals surface area (Å²) in [6.45, 7) is 1.95. The number of fused-ring (bicyclic) bond motifs is 4. The van der Waals surface area contributed by atoms with Gasteiger partial charge < -0.3 is 9.84 Å². The summed E-state index contributed by atoms with van der Waals surface area (Å²) in [5.74, 6) is -4.78. The maximum Gasteiger partial charge on any atom is 0.260 e. The fourth-order valence-corrected chi connectivity index (χ4v) is 9.00. The van der Waals surface area contributed by atoms with E-state index in [1.807, 2.05) is 67.6 Å². The van der Waals surface area contributed by atoms with Gasteiger partial charge in [-0.15, -0.1) is 0 Å². The number of phenolic OH excluding ortho intramolecular Hbond substituents is 1. The van der Waals surface area contributed by atoms with Gasteiger partial charge in [-0.25, -0.2) is 0 Å². The molecule has 4 aromatic carbocycles. The topological polar surface area (TPSA) is 116 Å². The number of benzene rings is 4. The van der Waals surface area contributed by atoms with E-state index in [0.717, 1.165) is 16.1 Å². The zero-order valence-electron chi connectivity index (χ0n) is 27.4. The van der Waals surface area contributed by atoms with E-state index in [0.29, 0.717) is 33.3 Å². The molecule has 8 rings (SSSR count). The molecule has 0 unspecified atom stereocenters. The Balaban J connectivity index is 1.33. The molecule has 2 saturated heterocycles. The number of carbonyl (C=O) groups is 4. The van der Waals surface area contributed by atoms with E-state index in [1.54, 1.807) is 30.3 Å². The van der Waals surface area contributed by atoms with Crippen LogP contribution < -0.4 is 15.1 Å². The highest BCUT2D eigenvalue weighted by atomic mass is 35.5. The highest BCUT2D eigenvalue weighted by Gasteiger charge is 2.70. The molecule has 0 bridgehead atoms. The third-order valence-electron chi connectivity index (χ3n) is 11.0. The van der Waals surface area contributed by atoms with Crippen LogP contribution in [0.15, 0.2) is 109 Å². The Morgan fingerprint density at radius 2 is 1.58 bits per heavy atom. The zero-order chi connectivity index (χ0) is 34.9. The third kappa shape index (κ3) is 4.60. The molecule has 1 saturated carbocycles. The van der Waals surface area contributed by atoms with Crippen LogP contribution in [0.2, 0.25) is 5.02 Å². The molecule has 4 aromatic rings. The van der Waals surface area contributed by atoms with Gasteiger partial charge in [0.2, 0.25) is 11.8 Å². The fraction of sp³-hybridized carbons (Fsp3) is 0.250. The Morgan fingerprint density at radius 3 is 2.28 bits per heavy atom. The molecule has 2 heterocycles. The van der Waals surface area contributed by atoms with Crippen LogP contribution in [0.5, 0.6) is 11.5 Å². The van der Waals surface area contributed by atoms with Crippen molar-refractivity contribution >= 4 is 46.6 Å². The fourth-order valence-electron chi connectivity index (χ4n) is 8.87. The number of halogens is 1. The summed E-state index contributed by atoms with van der Waals surface area (Å²) in [7, 11) is 1.49. The predicted molar refractivity (Wildman–Crippen MR) is 187 cm³/mol. The second-order valence-electron chi connectivity index (χ2n) is 13.5. The first kappa shape index (κ1) is 31.8. The number of phenols is 1. The van der Waals surface area contributed by atoms with E-state index in [-0.39, 0.29) is 30.4 Å². The van der Waals surface area contributed by atoms with E-state index in [1.165, 1.54) is 24.1 Å². The molecule has 0 aromatic heterocycles. The largest absolute Gasteiger partial charge is 0.508 e. The summed E-state index contributed by atoms with van der Waals surface area (Å²) >= 11 is 6.13. The quantitative estimate of drug-likeness (QED) is 0.174. The lowest BCUT2D eigenvalue weighted by Gasteiger charge is -2.50. The first-order chi connectivity index (χ1) is 24.1. The number of nitrogens with one attached hydrogen (secondary N) is 1. The Bertz CT molecular complexity index is 2080. The zero-order valence-corrected chi connectivity index (χ0v) is 28.1. The van der Waals surface area contributed by atoms with Crippen LogP contribution in [0.4, 0.5) is 11.4 Å². The number of imide groups is 2. The van der Waals surface area contributed by atoms with E-state index in [9.17, 15) is 19.5 Å². The molecule has 9 nitrogen and oxygen atoms in total. The van der Waals surface area contributed by atoms with Gasteiger partial charge in [0.05, 0.1) is 41.7 Å².